The first kappa shape index (κ1) is 19.3. The standard InChI is InChI=1S/C18H23N5O3/c1-4-26-17(25)14-7-9-19-15(11-14)23-16(24)6-5-8-20-18-21-12(2)10-13(3)22-18/h7,9-11H,4-6,8H2,1-3H3,(H,19,23,24)(H,20,21,22). The zero-order valence-corrected chi connectivity index (χ0v) is 15.2. The lowest BCUT2D eigenvalue weighted by Gasteiger charge is -2.08. The minimum absolute atomic E-state index is 0.179. The number of pyridine rings is 1. The van der Waals surface area contributed by atoms with Gasteiger partial charge in [-0.25, -0.2) is 19.7 Å². The number of rotatable bonds is 8. The van der Waals surface area contributed by atoms with Crippen molar-refractivity contribution < 1.29 is 14.3 Å². The van der Waals surface area contributed by atoms with E-state index in [0.29, 0.717) is 43.3 Å². The Morgan fingerprint density at radius 3 is 2.58 bits per heavy atom. The zero-order valence-electron chi connectivity index (χ0n) is 15.2. The van der Waals surface area contributed by atoms with Crippen LogP contribution in [0.15, 0.2) is 24.4 Å². The summed E-state index contributed by atoms with van der Waals surface area (Å²) in [5, 5.41) is 5.78. The molecule has 8 heteroatoms. The fourth-order valence-corrected chi connectivity index (χ4v) is 2.30. The quantitative estimate of drug-likeness (QED) is 0.552. The second-order valence-electron chi connectivity index (χ2n) is 5.70. The van der Waals surface area contributed by atoms with Crippen molar-refractivity contribution >= 4 is 23.6 Å². The molecular weight excluding hydrogens is 334 g/mol. The van der Waals surface area contributed by atoms with Crippen molar-refractivity contribution in [1.29, 1.82) is 0 Å². The van der Waals surface area contributed by atoms with E-state index < -0.39 is 5.97 Å². The van der Waals surface area contributed by atoms with Crippen LogP contribution in [0.4, 0.5) is 11.8 Å². The minimum Gasteiger partial charge on any atom is -0.462 e. The van der Waals surface area contributed by atoms with Crippen LogP contribution in [-0.4, -0.2) is 40.0 Å². The molecule has 2 heterocycles. The highest BCUT2D eigenvalue weighted by atomic mass is 16.5. The Morgan fingerprint density at radius 1 is 1.15 bits per heavy atom. The smallest absolute Gasteiger partial charge is 0.338 e. The van der Waals surface area contributed by atoms with Crippen molar-refractivity contribution in [3.8, 4) is 0 Å². The number of anilines is 2. The van der Waals surface area contributed by atoms with Crippen molar-refractivity contribution in [2.24, 2.45) is 0 Å². The van der Waals surface area contributed by atoms with Crippen LogP contribution >= 0.6 is 0 Å². The van der Waals surface area contributed by atoms with Crippen LogP contribution in [0.3, 0.4) is 0 Å². The third-order valence-electron chi connectivity index (χ3n) is 3.38. The van der Waals surface area contributed by atoms with E-state index in [0.717, 1.165) is 11.4 Å². The van der Waals surface area contributed by atoms with Crippen molar-refractivity contribution in [3.05, 3.63) is 41.3 Å². The maximum Gasteiger partial charge on any atom is 0.338 e. The molecule has 0 aliphatic rings. The second-order valence-corrected chi connectivity index (χ2v) is 5.70. The summed E-state index contributed by atoms with van der Waals surface area (Å²) in [5.74, 6) is 0.266. The molecule has 2 N–H and O–H groups in total. The van der Waals surface area contributed by atoms with Crippen LogP contribution in [0.5, 0.6) is 0 Å². The molecule has 0 unspecified atom stereocenters. The Kier molecular flexibility index (Phi) is 7.02. The molecule has 26 heavy (non-hydrogen) atoms. The van der Waals surface area contributed by atoms with Crippen LogP contribution in [0.25, 0.3) is 0 Å². The van der Waals surface area contributed by atoms with Gasteiger partial charge in [0.25, 0.3) is 0 Å². The van der Waals surface area contributed by atoms with Gasteiger partial charge in [-0.05, 0) is 45.4 Å². The van der Waals surface area contributed by atoms with Crippen LogP contribution < -0.4 is 10.6 Å². The van der Waals surface area contributed by atoms with Crippen molar-refractivity contribution in [2.75, 3.05) is 23.8 Å². The first-order chi connectivity index (χ1) is 12.5. The summed E-state index contributed by atoms with van der Waals surface area (Å²) in [6.45, 7) is 6.42. The maximum atomic E-state index is 12.0. The number of hydrogen-bond donors (Lipinski definition) is 2. The van der Waals surface area contributed by atoms with Crippen molar-refractivity contribution in [3.63, 3.8) is 0 Å². The highest BCUT2D eigenvalue weighted by molar-refractivity contribution is 5.93. The summed E-state index contributed by atoms with van der Waals surface area (Å²) in [7, 11) is 0. The monoisotopic (exact) mass is 357 g/mol. The first-order valence-corrected chi connectivity index (χ1v) is 8.47. The molecule has 0 spiro atoms. The number of nitrogens with zero attached hydrogens (tertiary/aromatic N) is 3. The highest BCUT2D eigenvalue weighted by Crippen LogP contribution is 2.09. The molecule has 0 atom stereocenters. The topological polar surface area (TPSA) is 106 Å². The Morgan fingerprint density at radius 2 is 1.88 bits per heavy atom. The van der Waals surface area contributed by atoms with Gasteiger partial charge < -0.3 is 15.4 Å². The fourth-order valence-electron chi connectivity index (χ4n) is 2.30. The van der Waals surface area contributed by atoms with Gasteiger partial charge in [-0.3, -0.25) is 4.79 Å². The maximum absolute atomic E-state index is 12.0. The van der Waals surface area contributed by atoms with Crippen LogP contribution in [0, 0.1) is 13.8 Å². The summed E-state index contributed by atoms with van der Waals surface area (Å²) in [6, 6.07) is 4.94. The Balaban J connectivity index is 1.78. The van der Waals surface area contributed by atoms with Crippen LogP contribution in [-0.2, 0) is 9.53 Å². The van der Waals surface area contributed by atoms with E-state index in [1.807, 2.05) is 19.9 Å². The van der Waals surface area contributed by atoms with E-state index >= 15 is 0 Å². The van der Waals surface area contributed by atoms with E-state index in [-0.39, 0.29) is 5.91 Å². The molecule has 1 amide bonds. The van der Waals surface area contributed by atoms with Crippen molar-refractivity contribution in [1.82, 2.24) is 15.0 Å². The molecule has 0 fully saturated rings. The summed E-state index contributed by atoms with van der Waals surface area (Å²) in [6.07, 6.45) is 2.38. The molecule has 138 valence electrons. The lowest BCUT2D eigenvalue weighted by molar-refractivity contribution is -0.116. The molecular formula is C18H23N5O3. The molecule has 0 saturated heterocycles. The van der Waals surface area contributed by atoms with Crippen LogP contribution in [0.2, 0.25) is 0 Å². The summed E-state index contributed by atoms with van der Waals surface area (Å²) < 4.78 is 4.93. The number of ether oxygens (including phenoxy) is 1. The SMILES string of the molecule is CCOC(=O)c1ccnc(NC(=O)CCCNc2nc(C)cc(C)n2)c1. The Labute approximate surface area is 152 Å². The van der Waals surface area contributed by atoms with Gasteiger partial charge in [0.15, 0.2) is 0 Å². The fraction of sp³-hybridized carbons (Fsp3) is 0.389. The molecule has 2 aromatic rings. The van der Waals surface area contributed by atoms with Crippen molar-refractivity contribution in [2.45, 2.75) is 33.6 Å². The van der Waals surface area contributed by atoms with Gasteiger partial charge in [0.1, 0.15) is 5.82 Å². The normalized spacial score (nSPS) is 10.3. The Hall–Kier alpha value is -3.03. The molecule has 0 saturated carbocycles. The zero-order chi connectivity index (χ0) is 18.9. The van der Waals surface area contributed by atoms with E-state index in [9.17, 15) is 9.59 Å². The molecule has 2 rings (SSSR count). The number of amides is 1. The van der Waals surface area contributed by atoms with Gasteiger partial charge in [-0.1, -0.05) is 0 Å². The van der Waals surface area contributed by atoms with Gasteiger partial charge in [-0.2, -0.15) is 0 Å². The summed E-state index contributed by atoms with van der Waals surface area (Å²) in [4.78, 5) is 36.3. The summed E-state index contributed by atoms with van der Waals surface area (Å²) >= 11 is 0. The average Bonchev–Trinajstić information content (AvgIpc) is 2.58. The predicted octanol–water partition coefficient (Wildman–Crippen LogP) is 2.50. The summed E-state index contributed by atoms with van der Waals surface area (Å²) in [5.41, 5.74) is 2.14. The van der Waals surface area contributed by atoms with E-state index in [4.69, 9.17) is 4.74 Å². The van der Waals surface area contributed by atoms with Gasteiger partial charge in [0.05, 0.1) is 12.2 Å². The van der Waals surface area contributed by atoms with Gasteiger partial charge in [-0.15, -0.1) is 0 Å². The number of carbonyl (C=O) groups excluding carboxylic acids is 2. The van der Waals surface area contributed by atoms with E-state index in [1.165, 1.54) is 12.3 Å². The number of nitrogens with one attached hydrogen (secondary N) is 2. The molecule has 0 aliphatic heterocycles. The van der Waals surface area contributed by atoms with Gasteiger partial charge >= 0.3 is 5.97 Å². The molecule has 8 nitrogen and oxygen atoms in total. The lowest BCUT2D eigenvalue weighted by Crippen LogP contribution is -2.15. The van der Waals surface area contributed by atoms with Gasteiger partial charge in [0.2, 0.25) is 11.9 Å². The lowest BCUT2D eigenvalue weighted by atomic mass is 10.2. The number of hydrogen-bond acceptors (Lipinski definition) is 7. The Bertz CT molecular complexity index is 759. The van der Waals surface area contributed by atoms with E-state index in [2.05, 4.69) is 25.6 Å². The van der Waals surface area contributed by atoms with E-state index in [1.54, 1.807) is 13.0 Å². The first-order valence-electron chi connectivity index (χ1n) is 8.47. The van der Waals surface area contributed by atoms with Gasteiger partial charge in [0, 0.05) is 30.6 Å². The largest absolute Gasteiger partial charge is 0.462 e. The highest BCUT2D eigenvalue weighted by Gasteiger charge is 2.09. The molecule has 0 bridgehead atoms. The molecule has 0 radical (unpaired) electrons. The average molecular weight is 357 g/mol. The predicted molar refractivity (Wildman–Crippen MR) is 98.1 cm³/mol. The number of aromatic nitrogens is 3. The third-order valence-corrected chi connectivity index (χ3v) is 3.38. The third kappa shape index (κ3) is 6.12. The number of esters is 1. The minimum atomic E-state index is -0.442. The molecule has 2 aromatic heterocycles. The number of carbonyl (C=O) groups is 2. The molecule has 0 aliphatic carbocycles. The second kappa shape index (κ2) is 9.45. The van der Waals surface area contributed by atoms with Crippen LogP contribution in [0.1, 0.15) is 41.5 Å². The molecule has 0 aromatic carbocycles. The number of aryl methyl sites for hydroxylation is 2.